The number of phosphoric ester groups is 1. The lowest BCUT2D eigenvalue weighted by molar-refractivity contribution is -0.161. The Morgan fingerprint density at radius 2 is 1.22 bits per heavy atom. The first-order valence-electron chi connectivity index (χ1n) is 21.9. The predicted molar refractivity (Wildman–Crippen MR) is 218 cm³/mol. The molecule has 1 fully saturated rings. The van der Waals surface area contributed by atoms with Crippen molar-refractivity contribution >= 4 is 19.8 Å². The van der Waals surface area contributed by atoms with Crippen LogP contribution in [0, 0.1) is 11.8 Å². The molecule has 322 valence electrons. The van der Waals surface area contributed by atoms with Gasteiger partial charge >= 0.3 is 19.8 Å². The van der Waals surface area contributed by atoms with Gasteiger partial charge in [0.2, 0.25) is 0 Å². The van der Waals surface area contributed by atoms with Crippen LogP contribution < -0.4 is 0 Å². The van der Waals surface area contributed by atoms with E-state index in [4.69, 9.17) is 19.3 Å². The highest BCUT2D eigenvalue weighted by molar-refractivity contribution is 7.46. The van der Waals surface area contributed by atoms with Gasteiger partial charge in [-0.25, -0.2) is 4.57 Å². The van der Waals surface area contributed by atoms with Gasteiger partial charge in [-0.15, -0.1) is 0 Å². The van der Waals surface area contributed by atoms with Gasteiger partial charge in [0, 0.05) is 25.2 Å². The Kier molecular flexibility index (Phi) is 31.2. The van der Waals surface area contributed by atoms with E-state index in [0.717, 1.165) is 70.6 Å². The van der Waals surface area contributed by atoms with E-state index in [1.54, 1.807) is 6.08 Å². The van der Waals surface area contributed by atoms with Crippen LogP contribution in [-0.2, 0) is 28.2 Å². The van der Waals surface area contributed by atoms with Gasteiger partial charge < -0.3 is 34.6 Å². The first-order chi connectivity index (χ1) is 26.5. The van der Waals surface area contributed by atoms with Crippen LogP contribution in [0.15, 0.2) is 24.3 Å². The topological polar surface area (TPSA) is 180 Å². The zero-order chi connectivity index (χ0) is 40.6. The third-order valence-corrected chi connectivity index (χ3v) is 11.0. The van der Waals surface area contributed by atoms with Crippen molar-refractivity contribution in [1.29, 1.82) is 0 Å². The van der Waals surface area contributed by atoms with Crippen LogP contribution in [0.2, 0.25) is 0 Å². The summed E-state index contributed by atoms with van der Waals surface area (Å²) >= 11 is 0. The van der Waals surface area contributed by atoms with Crippen molar-refractivity contribution in [2.75, 3.05) is 13.2 Å². The summed E-state index contributed by atoms with van der Waals surface area (Å²) < 4.78 is 26.4. The van der Waals surface area contributed by atoms with Crippen molar-refractivity contribution in [2.24, 2.45) is 11.8 Å². The third kappa shape index (κ3) is 29.3. The normalized spacial score (nSPS) is 20.1. The number of aliphatic hydroxyl groups is 3. The van der Waals surface area contributed by atoms with Crippen LogP contribution in [0.4, 0.5) is 0 Å². The molecule has 1 aliphatic carbocycles. The summed E-state index contributed by atoms with van der Waals surface area (Å²) in [6.07, 6.45) is 31.0. The van der Waals surface area contributed by atoms with Crippen LogP contribution >= 0.6 is 7.82 Å². The van der Waals surface area contributed by atoms with Gasteiger partial charge in [-0.3, -0.25) is 14.1 Å². The molecule has 55 heavy (non-hydrogen) atoms. The molecule has 0 aromatic heterocycles. The fourth-order valence-electron chi connectivity index (χ4n) is 7.23. The molecule has 0 unspecified atom stereocenters. The standard InChI is InChI=1S/C43H79O11P/c1-3-5-7-8-9-10-11-12-13-14-15-16-17-18-19-20-26-30-43(48)54-37(35-53-55(49,50)51)34-52-42(47)29-25-22-21-24-28-38-39(41(46)33-40(38)45)32-31-36(44)27-23-6-4-2/h12-13,31-32,36-41,44-46H,3-11,14-30,33-35H2,1-2H3,(H2,49,50,51)/b13-12-,32-31+/t36-,37+,38+,39+,40-,41+/m0/s1. The SMILES string of the molecule is CCCCCCCC/C=C\CCCCCCCCCC(=O)O[C@H](COC(=O)CCCCCC[C@@H]1[C@@H](/C=C/[C@@H](O)CCCCC)[C@H](O)C[C@@H]1O)COP(=O)(O)O. The largest absolute Gasteiger partial charge is 0.469 e. The van der Waals surface area contributed by atoms with E-state index >= 15 is 0 Å². The van der Waals surface area contributed by atoms with Crippen LogP contribution in [0.25, 0.3) is 0 Å². The van der Waals surface area contributed by atoms with Crippen LogP contribution in [-0.4, -0.2) is 74.7 Å². The van der Waals surface area contributed by atoms with E-state index in [1.165, 1.54) is 64.2 Å². The molecule has 1 aliphatic rings. The zero-order valence-electron chi connectivity index (χ0n) is 34.4. The highest BCUT2D eigenvalue weighted by Crippen LogP contribution is 2.38. The Labute approximate surface area is 333 Å². The van der Waals surface area contributed by atoms with Gasteiger partial charge in [0.1, 0.15) is 6.61 Å². The summed E-state index contributed by atoms with van der Waals surface area (Å²) in [7, 11) is -4.81. The van der Waals surface area contributed by atoms with Crippen LogP contribution in [0.5, 0.6) is 0 Å². The summed E-state index contributed by atoms with van der Waals surface area (Å²) in [6, 6.07) is 0. The molecule has 0 aromatic carbocycles. The number of hydrogen-bond acceptors (Lipinski definition) is 9. The summed E-state index contributed by atoms with van der Waals surface area (Å²) in [5, 5.41) is 31.2. The third-order valence-electron chi connectivity index (χ3n) is 10.5. The van der Waals surface area contributed by atoms with Gasteiger partial charge in [-0.05, 0) is 57.3 Å². The lowest BCUT2D eigenvalue weighted by Crippen LogP contribution is -2.29. The zero-order valence-corrected chi connectivity index (χ0v) is 35.3. The maximum atomic E-state index is 12.5. The Bertz CT molecular complexity index is 1060. The smallest absolute Gasteiger partial charge is 0.462 e. The van der Waals surface area contributed by atoms with E-state index < -0.39 is 50.8 Å². The number of allylic oxidation sites excluding steroid dienone is 2. The molecule has 0 saturated heterocycles. The Balaban J connectivity index is 2.24. The van der Waals surface area contributed by atoms with Crippen molar-refractivity contribution in [3.63, 3.8) is 0 Å². The molecule has 12 heteroatoms. The first kappa shape index (κ1) is 51.4. The van der Waals surface area contributed by atoms with E-state index in [1.807, 2.05) is 6.08 Å². The number of carbonyl (C=O) groups is 2. The fourth-order valence-corrected chi connectivity index (χ4v) is 7.59. The van der Waals surface area contributed by atoms with E-state index in [2.05, 4.69) is 30.5 Å². The minimum absolute atomic E-state index is 0.0824. The summed E-state index contributed by atoms with van der Waals surface area (Å²) in [6.45, 7) is 3.41. The second kappa shape index (κ2) is 33.4. The quantitative estimate of drug-likeness (QED) is 0.0176. The first-order valence-corrected chi connectivity index (χ1v) is 23.4. The molecule has 6 atom stereocenters. The van der Waals surface area contributed by atoms with Crippen molar-refractivity contribution in [3.05, 3.63) is 24.3 Å². The van der Waals surface area contributed by atoms with Crippen molar-refractivity contribution in [2.45, 2.75) is 212 Å². The summed E-state index contributed by atoms with van der Waals surface area (Å²) in [4.78, 5) is 43.1. The van der Waals surface area contributed by atoms with Gasteiger partial charge in [0.05, 0.1) is 24.9 Å². The Morgan fingerprint density at radius 3 is 1.82 bits per heavy atom. The van der Waals surface area contributed by atoms with Gasteiger partial charge in [-0.1, -0.05) is 141 Å². The Morgan fingerprint density at radius 1 is 0.691 bits per heavy atom. The fraction of sp³-hybridized carbons (Fsp3) is 0.860. The van der Waals surface area contributed by atoms with Gasteiger partial charge in [-0.2, -0.15) is 0 Å². The summed E-state index contributed by atoms with van der Waals surface area (Å²) in [5.41, 5.74) is 0. The maximum absolute atomic E-state index is 12.5. The lowest BCUT2D eigenvalue weighted by Gasteiger charge is -2.21. The number of esters is 2. The number of phosphoric acid groups is 1. The molecule has 0 radical (unpaired) electrons. The second-order valence-corrected chi connectivity index (χ2v) is 16.9. The molecule has 1 saturated carbocycles. The molecule has 0 aliphatic heterocycles. The molecule has 0 heterocycles. The number of rotatable bonds is 36. The number of hydrogen-bond donors (Lipinski definition) is 5. The minimum atomic E-state index is -4.81. The van der Waals surface area contributed by atoms with E-state index in [9.17, 15) is 29.5 Å². The van der Waals surface area contributed by atoms with Crippen molar-refractivity contribution < 1.29 is 53.3 Å². The molecule has 11 nitrogen and oxygen atoms in total. The molecule has 0 amide bonds. The number of unbranched alkanes of at least 4 members (excludes halogenated alkanes) is 18. The van der Waals surface area contributed by atoms with Crippen LogP contribution in [0.3, 0.4) is 0 Å². The van der Waals surface area contributed by atoms with Crippen LogP contribution in [0.1, 0.15) is 187 Å². The van der Waals surface area contributed by atoms with E-state index in [0.29, 0.717) is 25.7 Å². The average Bonchev–Trinajstić information content (AvgIpc) is 3.41. The molecule has 0 aromatic rings. The van der Waals surface area contributed by atoms with Crippen molar-refractivity contribution in [1.82, 2.24) is 0 Å². The highest BCUT2D eigenvalue weighted by Gasteiger charge is 2.39. The molecular weight excluding hydrogens is 723 g/mol. The van der Waals surface area contributed by atoms with Crippen molar-refractivity contribution in [3.8, 4) is 0 Å². The van der Waals surface area contributed by atoms with Gasteiger partial charge in [0.15, 0.2) is 6.10 Å². The minimum Gasteiger partial charge on any atom is -0.462 e. The monoisotopic (exact) mass is 803 g/mol. The molecule has 5 N–H and O–H groups in total. The number of aliphatic hydroxyl groups excluding tert-OH is 3. The number of carbonyl (C=O) groups excluding carboxylic acids is 2. The maximum Gasteiger partial charge on any atom is 0.469 e. The Hall–Kier alpha value is -1.59. The van der Waals surface area contributed by atoms with E-state index in [-0.39, 0.29) is 31.3 Å². The second-order valence-electron chi connectivity index (χ2n) is 15.6. The predicted octanol–water partition coefficient (Wildman–Crippen LogP) is 9.56. The lowest BCUT2D eigenvalue weighted by atomic mass is 9.88. The highest BCUT2D eigenvalue weighted by atomic mass is 31.2. The average molecular weight is 803 g/mol. The summed E-state index contributed by atoms with van der Waals surface area (Å²) in [5.74, 6) is -1.30. The number of ether oxygens (including phenoxy) is 2. The molecular formula is C43H79O11P. The van der Waals surface area contributed by atoms with Gasteiger partial charge in [0.25, 0.3) is 0 Å². The molecule has 0 spiro atoms. The molecule has 1 rings (SSSR count). The molecule has 0 bridgehead atoms.